The summed E-state index contributed by atoms with van der Waals surface area (Å²) in [6.07, 6.45) is 7.45. The standard InChI is InChI=1S/C15H25N3/c1-3-16-15-10-14(8-9-17-15)18-11-13-7-5-4-6-12(13)2/h8-10,12-13H,3-7,11H2,1-2H3,(H2,16,17,18). The molecule has 2 atom stereocenters. The van der Waals surface area contributed by atoms with Crippen LogP contribution >= 0.6 is 0 Å². The van der Waals surface area contributed by atoms with Gasteiger partial charge in [-0.3, -0.25) is 0 Å². The number of pyridine rings is 1. The van der Waals surface area contributed by atoms with Gasteiger partial charge in [0.15, 0.2) is 0 Å². The largest absolute Gasteiger partial charge is 0.385 e. The lowest BCUT2D eigenvalue weighted by Crippen LogP contribution is -2.24. The first-order chi connectivity index (χ1) is 8.79. The van der Waals surface area contributed by atoms with Crippen molar-refractivity contribution in [3.8, 4) is 0 Å². The molecule has 1 aromatic heterocycles. The van der Waals surface area contributed by atoms with E-state index in [9.17, 15) is 0 Å². The summed E-state index contributed by atoms with van der Waals surface area (Å²) in [4.78, 5) is 4.29. The molecule has 0 spiro atoms. The van der Waals surface area contributed by atoms with Crippen molar-refractivity contribution in [3.05, 3.63) is 18.3 Å². The molecule has 18 heavy (non-hydrogen) atoms. The molecule has 1 aliphatic rings. The highest BCUT2D eigenvalue weighted by Crippen LogP contribution is 2.29. The van der Waals surface area contributed by atoms with Gasteiger partial charge in [0.1, 0.15) is 5.82 Å². The van der Waals surface area contributed by atoms with Gasteiger partial charge in [-0.05, 0) is 31.2 Å². The fourth-order valence-corrected chi connectivity index (χ4v) is 2.76. The van der Waals surface area contributed by atoms with E-state index in [0.717, 1.165) is 30.7 Å². The molecular weight excluding hydrogens is 222 g/mol. The van der Waals surface area contributed by atoms with E-state index in [1.807, 2.05) is 12.3 Å². The average Bonchev–Trinajstić information content (AvgIpc) is 2.39. The highest BCUT2D eigenvalue weighted by Gasteiger charge is 2.20. The zero-order chi connectivity index (χ0) is 12.8. The minimum Gasteiger partial charge on any atom is -0.385 e. The highest BCUT2D eigenvalue weighted by atomic mass is 15.0. The van der Waals surface area contributed by atoms with Gasteiger partial charge in [-0.15, -0.1) is 0 Å². The molecule has 0 aromatic carbocycles. The van der Waals surface area contributed by atoms with Crippen molar-refractivity contribution < 1.29 is 0 Å². The average molecular weight is 247 g/mol. The van der Waals surface area contributed by atoms with E-state index >= 15 is 0 Å². The summed E-state index contributed by atoms with van der Waals surface area (Å²) in [6.45, 7) is 6.49. The van der Waals surface area contributed by atoms with Gasteiger partial charge in [-0.2, -0.15) is 0 Å². The number of nitrogens with one attached hydrogen (secondary N) is 2. The number of anilines is 2. The van der Waals surface area contributed by atoms with Crippen LogP contribution in [-0.4, -0.2) is 18.1 Å². The molecular formula is C15H25N3. The molecule has 1 aliphatic carbocycles. The van der Waals surface area contributed by atoms with Gasteiger partial charge in [0.2, 0.25) is 0 Å². The Morgan fingerprint density at radius 1 is 1.28 bits per heavy atom. The van der Waals surface area contributed by atoms with E-state index in [-0.39, 0.29) is 0 Å². The molecule has 100 valence electrons. The number of hydrogen-bond donors (Lipinski definition) is 2. The van der Waals surface area contributed by atoms with Gasteiger partial charge in [-0.1, -0.05) is 26.2 Å². The summed E-state index contributed by atoms with van der Waals surface area (Å²) in [7, 11) is 0. The van der Waals surface area contributed by atoms with Gasteiger partial charge in [0.05, 0.1) is 0 Å². The van der Waals surface area contributed by atoms with Crippen LogP contribution in [0.5, 0.6) is 0 Å². The number of aromatic nitrogens is 1. The Hall–Kier alpha value is -1.25. The first kappa shape index (κ1) is 13.2. The van der Waals surface area contributed by atoms with Crippen LogP contribution in [0, 0.1) is 11.8 Å². The van der Waals surface area contributed by atoms with Crippen LogP contribution in [0.25, 0.3) is 0 Å². The van der Waals surface area contributed by atoms with Gasteiger partial charge in [0.25, 0.3) is 0 Å². The van der Waals surface area contributed by atoms with Crippen molar-refractivity contribution in [3.63, 3.8) is 0 Å². The molecule has 1 fully saturated rings. The third kappa shape index (κ3) is 3.62. The van der Waals surface area contributed by atoms with Crippen LogP contribution in [0.3, 0.4) is 0 Å². The molecule has 0 aliphatic heterocycles. The smallest absolute Gasteiger partial charge is 0.127 e. The Balaban J connectivity index is 1.87. The molecule has 1 saturated carbocycles. The van der Waals surface area contributed by atoms with Crippen molar-refractivity contribution in [2.75, 3.05) is 23.7 Å². The predicted molar refractivity (Wildman–Crippen MR) is 78.0 cm³/mol. The third-order valence-corrected chi connectivity index (χ3v) is 3.98. The summed E-state index contributed by atoms with van der Waals surface area (Å²) >= 11 is 0. The topological polar surface area (TPSA) is 37.0 Å². The molecule has 0 radical (unpaired) electrons. The molecule has 2 N–H and O–H groups in total. The molecule has 0 bridgehead atoms. The van der Waals surface area contributed by atoms with E-state index in [1.165, 1.54) is 31.4 Å². The van der Waals surface area contributed by atoms with Gasteiger partial charge < -0.3 is 10.6 Å². The number of hydrogen-bond acceptors (Lipinski definition) is 3. The quantitative estimate of drug-likeness (QED) is 0.832. The van der Waals surface area contributed by atoms with Gasteiger partial charge >= 0.3 is 0 Å². The fraction of sp³-hybridized carbons (Fsp3) is 0.667. The van der Waals surface area contributed by atoms with Crippen LogP contribution < -0.4 is 10.6 Å². The molecule has 3 nitrogen and oxygen atoms in total. The highest BCUT2D eigenvalue weighted by molar-refractivity contribution is 5.51. The summed E-state index contributed by atoms with van der Waals surface area (Å²) in [5, 5.41) is 6.81. The number of rotatable bonds is 5. The van der Waals surface area contributed by atoms with Crippen LogP contribution in [-0.2, 0) is 0 Å². The lowest BCUT2D eigenvalue weighted by molar-refractivity contribution is 0.268. The van der Waals surface area contributed by atoms with Crippen LogP contribution in [0.15, 0.2) is 18.3 Å². The summed E-state index contributed by atoms with van der Waals surface area (Å²) < 4.78 is 0. The van der Waals surface area contributed by atoms with E-state index < -0.39 is 0 Å². The van der Waals surface area contributed by atoms with E-state index in [0.29, 0.717) is 0 Å². The SMILES string of the molecule is CCNc1cc(NCC2CCCCC2C)ccn1. The molecule has 2 unspecified atom stereocenters. The monoisotopic (exact) mass is 247 g/mol. The normalized spacial score (nSPS) is 23.7. The maximum absolute atomic E-state index is 4.29. The molecule has 0 amide bonds. The molecule has 0 saturated heterocycles. The van der Waals surface area contributed by atoms with Crippen molar-refractivity contribution in [1.82, 2.24) is 4.98 Å². The summed E-state index contributed by atoms with van der Waals surface area (Å²) in [6, 6.07) is 4.14. The Morgan fingerprint density at radius 3 is 2.89 bits per heavy atom. The molecule has 1 aromatic rings. The minimum absolute atomic E-state index is 0.828. The molecule has 1 heterocycles. The zero-order valence-corrected chi connectivity index (χ0v) is 11.6. The van der Waals surface area contributed by atoms with E-state index in [1.54, 1.807) is 0 Å². The van der Waals surface area contributed by atoms with Crippen LogP contribution in [0.2, 0.25) is 0 Å². The van der Waals surface area contributed by atoms with Crippen molar-refractivity contribution in [1.29, 1.82) is 0 Å². The van der Waals surface area contributed by atoms with Crippen molar-refractivity contribution in [2.24, 2.45) is 11.8 Å². The first-order valence-corrected chi connectivity index (χ1v) is 7.23. The third-order valence-electron chi connectivity index (χ3n) is 3.98. The van der Waals surface area contributed by atoms with Crippen LogP contribution in [0.4, 0.5) is 11.5 Å². The fourth-order valence-electron chi connectivity index (χ4n) is 2.76. The first-order valence-electron chi connectivity index (χ1n) is 7.23. The zero-order valence-electron chi connectivity index (χ0n) is 11.6. The second kappa shape index (κ2) is 6.62. The minimum atomic E-state index is 0.828. The van der Waals surface area contributed by atoms with Gasteiger partial charge in [-0.25, -0.2) is 4.98 Å². The second-order valence-corrected chi connectivity index (χ2v) is 5.36. The van der Waals surface area contributed by atoms with Gasteiger partial charge in [0, 0.05) is 31.0 Å². The molecule has 2 rings (SSSR count). The lowest BCUT2D eigenvalue weighted by Gasteiger charge is -2.29. The Kier molecular flexibility index (Phi) is 4.85. The van der Waals surface area contributed by atoms with Crippen molar-refractivity contribution in [2.45, 2.75) is 39.5 Å². The summed E-state index contributed by atoms with van der Waals surface area (Å²) in [5.74, 6) is 2.65. The van der Waals surface area contributed by atoms with Crippen molar-refractivity contribution >= 4 is 11.5 Å². The maximum atomic E-state index is 4.29. The van der Waals surface area contributed by atoms with Crippen LogP contribution in [0.1, 0.15) is 39.5 Å². The molecule has 3 heteroatoms. The Bertz CT molecular complexity index is 365. The Morgan fingerprint density at radius 2 is 2.11 bits per heavy atom. The maximum Gasteiger partial charge on any atom is 0.127 e. The Labute approximate surface area is 110 Å². The second-order valence-electron chi connectivity index (χ2n) is 5.36. The van der Waals surface area contributed by atoms with E-state index in [4.69, 9.17) is 0 Å². The van der Waals surface area contributed by atoms with E-state index in [2.05, 4.69) is 35.5 Å². The number of nitrogens with zero attached hydrogens (tertiary/aromatic N) is 1. The lowest BCUT2D eigenvalue weighted by atomic mass is 9.80. The summed E-state index contributed by atoms with van der Waals surface area (Å²) in [5.41, 5.74) is 1.18. The predicted octanol–water partition coefficient (Wildman–Crippen LogP) is 3.75.